The van der Waals surface area contributed by atoms with Crippen molar-refractivity contribution in [1.82, 2.24) is 19.6 Å². The van der Waals surface area contributed by atoms with Gasteiger partial charge >= 0.3 is 10.6 Å². The van der Waals surface area contributed by atoms with Crippen LogP contribution in [0.2, 0.25) is 0 Å². The molecular weight excluding hydrogens is 861 g/mol. The number of hydrogen-bond donors (Lipinski definition) is 0. The van der Waals surface area contributed by atoms with Gasteiger partial charge in [0.25, 0.3) is 0 Å². The quantitative estimate of drug-likeness (QED) is 0.0515. The molecule has 17 nitrogen and oxygen atoms in total. The molecule has 2 heterocycles. The standard InChI is InChI=1S/C39H50N4O13S4/c1-11-42-36(55-38(45)57-13-3)29(21-40-42)27-19-25(23(5)32(53-17-15-51-7)34(27)59(9,47)48)31(44)26-20-28(30-22-41-43(12-2)37(30)56-39(46)58-14-4)35(60(10,49)50)33(24(26)6)54-18-16-52-8/h19-22H,11-18H2,1-10H3. The van der Waals surface area contributed by atoms with Crippen molar-refractivity contribution in [2.24, 2.45) is 0 Å². The first kappa shape index (κ1) is 48.3. The highest BCUT2D eigenvalue weighted by Crippen LogP contribution is 2.46. The van der Waals surface area contributed by atoms with Crippen molar-refractivity contribution in [3.63, 3.8) is 0 Å². The summed E-state index contributed by atoms with van der Waals surface area (Å²) in [4.78, 5) is 40.4. The molecule has 0 spiro atoms. The van der Waals surface area contributed by atoms with Gasteiger partial charge in [-0.15, -0.1) is 0 Å². The lowest BCUT2D eigenvalue weighted by Gasteiger charge is -2.22. The zero-order chi connectivity index (χ0) is 44.5. The second-order valence-electron chi connectivity index (χ2n) is 13.0. The van der Waals surface area contributed by atoms with Crippen LogP contribution in [-0.2, 0) is 42.2 Å². The maximum atomic E-state index is 15.3. The van der Waals surface area contributed by atoms with Crippen LogP contribution >= 0.6 is 23.5 Å². The Morgan fingerprint density at radius 2 is 0.983 bits per heavy atom. The van der Waals surface area contributed by atoms with Gasteiger partial charge in [0.05, 0.1) is 36.7 Å². The Kier molecular flexibility index (Phi) is 16.8. The summed E-state index contributed by atoms with van der Waals surface area (Å²) in [7, 11) is -5.42. The molecule has 2 aromatic heterocycles. The van der Waals surface area contributed by atoms with Crippen LogP contribution in [0.3, 0.4) is 0 Å². The summed E-state index contributed by atoms with van der Waals surface area (Å²) in [5, 5.41) is 7.40. The fourth-order valence-electron chi connectivity index (χ4n) is 6.26. The molecule has 0 unspecified atom stereocenters. The number of nitrogens with zero attached hydrogens (tertiary/aromatic N) is 4. The SMILES string of the molecule is CCSC(=O)Oc1c(-c2cc(C(=O)c3cc(-c4cnn(CC)c4OC(=O)SCC)c(S(C)(=O)=O)c(OCCOC)c3C)c(C)c(OCCOC)c2S(C)(=O)=O)cnn1CC. The Bertz CT molecular complexity index is 2290. The molecule has 0 radical (unpaired) electrons. The second kappa shape index (κ2) is 20.9. The molecule has 0 bridgehead atoms. The lowest BCUT2D eigenvalue weighted by Crippen LogP contribution is -2.17. The minimum Gasteiger partial charge on any atom is -0.489 e. The minimum atomic E-state index is -4.15. The zero-order valence-electron chi connectivity index (χ0n) is 35.2. The highest BCUT2D eigenvalue weighted by molar-refractivity contribution is 8.13. The number of hydrogen-bond acceptors (Lipinski definition) is 17. The average Bonchev–Trinajstić information content (AvgIpc) is 3.77. The van der Waals surface area contributed by atoms with E-state index < -0.39 is 36.1 Å². The van der Waals surface area contributed by atoms with Crippen molar-refractivity contribution in [3.8, 4) is 45.5 Å². The van der Waals surface area contributed by atoms with Crippen LogP contribution in [0.25, 0.3) is 22.3 Å². The molecule has 0 saturated heterocycles. The van der Waals surface area contributed by atoms with E-state index >= 15 is 4.79 Å². The minimum absolute atomic E-state index is 0.0445. The van der Waals surface area contributed by atoms with Crippen molar-refractivity contribution in [1.29, 1.82) is 0 Å². The van der Waals surface area contributed by atoms with Gasteiger partial charge in [0.2, 0.25) is 11.8 Å². The number of carbonyl (C=O) groups is 3. The van der Waals surface area contributed by atoms with Gasteiger partial charge in [-0.1, -0.05) is 13.8 Å². The van der Waals surface area contributed by atoms with Crippen LogP contribution < -0.4 is 18.9 Å². The van der Waals surface area contributed by atoms with Gasteiger partial charge in [-0.2, -0.15) is 10.2 Å². The number of aryl methyl sites for hydroxylation is 2. The van der Waals surface area contributed by atoms with Crippen molar-refractivity contribution in [2.75, 3.05) is 64.7 Å². The van der Waals surface area contributed by atoms with Gasteiger partial charge in [-0.05, 0) is 63.4 Å². The normalized spacial score (nSPS) is 11.8. The first-order chi connectivity index (χ1) is 28.4. The maximum absolute atomic E-state index is 15.3. The van der Waals surface area contributed by atoms with Gasteiger partial charge in [0.1, 0.15) is 34.5 Å². The third-order valence-electron chi connectivity index (χ3n) is 8.91. The summed E-state index contributed by atoms with van der Waals surface area (Å²) >= 11 is 1.80. The summed E-state index contributed by atoms with van der Waals surface area (Å²) in [6.45, 7) is 10.5. The maximum Gasteiger partial charge on any atom is 0.374 e. The van der Waals surface area contributed by atoms with Crippen LogP contribution in [0.15, 0.2) is 34.3 Å². The second-order valence-corrected chi connectivity index (χ2v) is 19.3. The smallest absolute Gasteiger partial charge is 0.374 e. The molecule has 2 aromatic carbocycles. The van der Waals surface area contributed by atoms with Crippen molar-refractivity contribution >= 4 is 59.6 Å². The number of sulfone groups is 2. The van der Waals surface area contributed by atoms with Crippen molar-refractivity contribution < 1.29 is 59.6 Å². The van der Waals surface area contributed by atoms with Gasteiger partial charge in [0.15, 0.2) is 25.5 Å². The van der Waals surface area contributed by atoms with Crippen LogP contribution in [-0.4, -0.2) is 117 Å². The molecule has 0 saturated carbocycles. The largest absolute Gasteiger partial charge is 0.489 e. The number of aromatic nitrogens is 4. The van der Waals surface area contributed by atoms with E-state index in [2.05, 4.69) is 10.2 Å². The molecule has 0 aliphatic heterocycles. The number of rotatable bonds is 20. The van der Waals surface area contributed by atoms with E-state index in [1.807, 2.05) is 0 Å². The molecule has 60 heavy (non-hydrogen) atoms. The number of ketones is 1. The van der Waals surface area contributed by atoms with Gasteiger partial charge in [0, 0.05) is 84.7 Å². The number of benzene rings is 2. The topological polar surface area (TPSA) is 211 Å². The van der Waals surface area contributed by atoms with Crippen LogP contribution in [0.4, 0.5) is 9.59 Å². The lowest BCUT2D eigenvalue weighted by molar-refractivity contribution is 0.103. The molecule has 0 amide bonds. The Morgan fingerprint density at radius 1 is 0.617 bits per heavy atom. The average molecular weight is 911 g/mol. The Labute approximate surface area is 358 Å². The molecular formula is C39H50N4O13S4. The highest BCUT2D eigenvalue weighted by Gasteiger charge is 2.34. The van der Waals surface area contributed by atoms with E-state index in [0.717, 1.165) is 36.0 Å². The molecule has 21 heteroatoms. The van der Waals surface area contributed by atoms with Crippen molar-refractivity contribution in [2.45, 2.75) is 64.4 Å². The molecule has 4 aromatic rings. The first-order valence-corrected chi connectivity index (χ1v) is 24.5. The number of carbonyl (C=O) groups excluding carboxylic acids is 3. The number of thioether (sulfide) groups is 2. The van der Waals surface area contributed by atoms with Crippen molar-refractivity contribution in [3.05, 3.63) is 46.8 Å². The molecule has 0 atom stereocenters. The molecule has 0 N–H and O–H groups in total. The molecule has 0 fully saturated rings. The van der Waals surface area contributed by atoms with E-state index in [9.17, 15) is 26.4 Å². The van der Waals surface area contributed by atoms with Gasteiger partial charge < -0.3 is 28.4 Å². The molecule has 0 aliphatic rings. The zero-order valence-corrected chi connectivity index (χ0v) is 38.5. The monoisotopic (exact) mass is 910 g/mol. The summed E-state index contributed by atoms with van der Waals surface area (Å²) in [5.74, 6) is -0.309. The van der Waals surface area contributed by atoms with Crippen LogP contribution in [0, 0.1) is 13.8 Å². The Morgan fingerprint density at radius 3 is 1.28 bits per heavy atom. The highest BCUT2D eigenvalue weighted by atomic mass is 32.2. The predicted molar refractivity (Wildman–Crippen MR) is 229 cm³/mol. The summed E-state index contributed by atoms with van der Waals surface area (Å²) in [5.41, 5.74) is 0.247. The summed E-state index contributed by atoms with van der Waals surface area (Å²) in [6.07, 6.45) is 4.66. The van der Waals surface area contributed by atoms with E-state index in [-0.39, 0.29) is 117 Å². The van der Waals surface area contributed by atoms with Crippen LogP contribution in [0.1, 0.15) is 54.7 Å². The van der Waals surface area contributed by atoms with E-state index in [4.69, 9.17) is 28.4 Å². The number of methoxy groups -OCH3 is 2. The van der Waals surface area contributed by atoms with Crippen LogP contribution in [0.5, 0.6) is 23.3 Å². The first-order valence-electron chi connectivity index (χ1n) is 18.7. The molecule has 0 aliphatic carbocycles. The van der Waals surface area contributed by atoms with E-state index in [1.54, 1.807) is 27.7 Å². The fraction of sp³-hybridized carbons (Fsp3) is 0.462. The fourth-order valence-corrected chi connectivity index (χ4v) is 9.24. The molecule has 4 rings (SSSR count). The Balaban J connectivity index is 2.18. The lowest BCUT2D eigenvalue weighted by atomic mass is 9.90. The Hall–Kier alpha value is -4.41. The summed E-state index contributed by atoms with van der Waals surface area (Å²) < 4.78 is 91.9. The van der Waals surface area contributed by atoms with Gasteiger partial charge in [-0.3, -0.25) is 4.79 Å². The predicted octanol–water partition coefficient (Wildman–Crippen LogP) is 6.66. The van der Waals surface area contributed by atoms with E-state index in [0.29, 0.717) is 11.5 Å². The third kappa shape index (κ3) is 10.7. The van der Waals surface area contributed by atoms with E-state index in [1.165, 1.54) is 62.0 Å². The third-order valence-corrected chi connectivity index (χ3v) is 12.4. The summed E-state index contributed by atoms with van der Waals surface area (Å²) in [6, 6.07) is 2.72. The van der Waals surface area contributed by atoms with Gasteiger partial charge in [-0.25, -0.2) is 35.8 Å². The molecule has 328 valence electrons. The number of ether oxygens (including phenoxy) is 6.